The van der Waals surface area contributed by atoms with Crippen molar-refractivity contribution in [1.29, 1.82) is 0 Å². The first-order valence-corrected chi connectivity index (χ1v) is 11.6. The maximum absolute atomic E-state index is 5.69. The molecule has 0 saturated carbocycles. The summed E-state index contributed by atoms with van der Waals surface area (Å²) in [4.78, 5) is 5.86. The Labute approximate surface area is 197 Å². The summed E-state index contributed by atoms with van der Waals surface area (Å²) in [7, 11) is 1.69. The van der Waals surface area contributed by atoms with E-state index in [1.807, 2.05) is 35.8 Å². The van der Waals surface area contributed by atoms with Gasteiger partial charge in [-0.25, -0.2) is 4.98 Å². The fourth-order valence-corrected chi connectivity index (χ4v) is 4.63. The first-order valence-electron chi connectivity index (χ1n) is 10.7. The molecule has 2 aliphatic carbocycles. The zero-order valence-corrected chi connectivity index (χ0v) is 19.3. The number of hydrogen-bond acceptors (Lipinski definition) is 4. The molecule has 33 heavy (non-hydrogen) atoms. The van der Waals surface area contributed by atoms with Crippen molar-refractivity contribution in [2.75, 3.05) is 12.4 Å². The first-order chi connectivity index (χ1) is 16.2. The highest BCUT2D eigenvalue weighted by Crippen LogP contribution is 2.35. The average molecular weight is 450 g/mol. The fraction of sp³-hybridized carbons (Fsp3) is 0.107. The first kappa shape index (κ1) is 20.9. The summed E-state index contributed by atoms with van der Waals surface area (Å²) in [5.41, 5.74) is 7.72. The van der Waals surface area contributed by atoms with Crippen molar-refractivity contribution in [1.82, 2.24) is 9.38 Å². The monoisotopic (exact) mass is 449 g/mol. The van der Waals surface area contributed by atoms with Crippen LogP contribution in [0.25, 0.3) is 27.3 Å². The number of pyridine rings is 1. The molecular formula is C28H23N3OS. The minimum Gasteiger partial charge on any atom is -0.496 e. The largest absolute Gasteiger partial charge is 0.496 e. The second-order valence-electron chi connectivity index (χ2n) is 7.80. The molecule has 2 aliphatic rings. The lowest BCUT2D eigenvalue weighted by molar-refractivity contribution is 0.410. The summed E-state index contributed by atoms with van der Waals surface area (Å²) in [6.45, 7) is 2.68. The van der Waals surface area contributed by atoms with Gasteiger partial charge in [-0.3, -0.25) is 4.40 Å². The second kappa shape index (κ2) is 8.85. The number of terminal acetylenes is 1. The van der Waals surface area contributed by atoms with Gasteiger partial charge in [0.15, 0.2) is 0 Å². The number of aryl methyl sites for hydroxylation is 1. The van der Waals surface area contributed by atoms with Gasteiger partial charge in [0, 0.05) is 23.9 Å². The van der Waals surface area contributed by atoms with Gasteiger partial charge in [0.05, 0.1) is 12.0 Å². The number of anilines is 1. The zero-order chi connectivity index (χ0) is 22.8. The highest BCUT2D eigenvalue weighted by molar-refractivity contribution is 7.13. The topological polar surface area (TPSA) is 38.6 Å². The fourth-order valence-electron chi connectivity index (χ4n) is 3.78. The van der Waals surface area contributed by atoms with Gasteiger partial charge in [-0.05, 0) is 59.3 Å². The van der Waals surface area contributed by atoms with Crippen LogP contribution in [-0.2, 0) is 6.54 Å². The Kier molecular flexibility index (Phi) is 5.60. The van der Waals surface area contributed by atoms with Crippen LogP contribution in [0.1, 0.15) is 16.7 Å². The van der Waals surface area contributed by atoms with Crippen molar-refractivity contribution in [2.45, 2.75) is 13.5 Å². The van der Waals surface area contributed by atoms with Crippen LogP contribution >= 0.6 is 11.3 Å². The van der Waals surface area contributed by atoms with Gasteiger partial charge in [0.1, 0.15) is 22.9 Å². The summed E-state index contributed by atoms with van der Waals surface area (Å²) < 4.78 is 7.54. The molecule has 1 aromatic carbocycles. The SMILES string of the molecule is C#Cc1ccsc1-c1nc2cc(C)ccn2c1NCc1ccccc1OC.c1cc2cc-2c1. The summed E-state index contributed by atoms with van der Waals surface area (Å²) in [6, 6.07) is 22.6. The number of methoxy groups -OCH3 is 1. The molecule has 4 aromatic rings. The number of nitrogens with zero attached hydrogens (tertiary/aromatic N) is 2. The molecule has 5 heteroatoms. The lowest BCUT2D eigenvalue weighted by Crippen LogP contribution is -2.05. The van der Waals surface area contributed by atoms with Gasteiger partial charge in [0.2, 0.25) is 0 Å². The number of thiophene rings is 1. The second-order valence-corrected chi connectivity index (χ2v) is 8.71. The molecule has 0 radical (unpaired) electrons. The molecule has 6 rings (SSSR count). The van der Waals surface area contributed by atoms with Gasteiger partial charge < -0.3 is 10.1 Å². The third-order valence-electron chi connectivity index (χ3n) is 5.57. The van der Waals surface area contributed by atoms with E-state index in [9.17, 15) is 0 Å². The minimum atomic E-state index is 0.620. The smallest absolute Gasteiger partial charge is 0.140 e. The number of hydrogen-bond donors (Lipinski definition) is 1. The molecule has 162 valence electrons. The van der Waals surface area contributed by atoms with E-state index in [-0.39, 0.29) is 0 Å². The van der Waals surface area contributed by atoms with E-state index in [4.69, 9.17) is 16.1 Å². The third-order valence-corrected chi connectivity index (χ3v) is 6.49. The van der Waals surface area contributed by atoms with Crippen molar-refractivity contribution in [3.05, 3.63) is 95.0 Å². The van der Waals surface area contributed by atoms with Crippen molar-refractivity contribution >= 4 is 22.8 Å². The number of para-hydroxylation sites is 1. The maximum atomic E-state index is 5.69. The van der Waals surface area contributed by atoms with Crippen LogP contribution < -0.4 is 10.1 Å². The normalized spacial score (nSPS) is 10.8. The Hall–Kier alpha value is -4.01. The van der Waals surface area contributed by atoms with Crippen LogP contribution in [0.2, 0.25) is 0 Å². The van der Waals surface area contributed by atoms with Gasteiger partial charge in [0.25, 0.3) is 0 Å². The van der Waals surface area contributed by atoms with Crippen LogP contribution in [0.5, 0.6) is 5.75 Å². The molecule has 0 spiro atoms. The van der Waals surface area contributed by atoms with Crippen LogP contribution in [0.15, 0.2) is 78.3 Å². The van der Waals surface area contributed by atoms with Crippen LogP contribution in [0.4, 0.5) is 5.82 Å². The van der Waals surface area contributed by atoms with Crippen LogP contribution in [0, 0.1) is 19.3 Å². The van der Waals surface area contributed by atoms with E-state index in [0.717, 1.165) is 38.9 Å². The molecule has 0 fully saturated rings. The molecule has 3 heterocycles. The predicted octanol–water partition coefficient (Wildman–Crippen LogP) is 6.64. The number of ether oxygens (including phenoxy) is 1. The number of imidazole rings is 1. The van der Waals surface area contributed by atoms with Crippen molar-refractivity contribution in [3.8, 4) is 39.8 Å². The number of rotatable bonds is 5. The summed E-state index contributed by atoms with van der Waals surface area (Å²) in [6.07, 6.45) is 7.73. The molecule has 0 saturated heterocycles. The molecule has 4 nitrogen and oxygen atoms in total. The highest BCUT2D eigenvalue weighted by atomic mass is 32.1. The summed E-state index contributed by atoms with van der Waals surface area (Å²) >= 11 is 1.61. The lowest BCUT2D eigenvalue weighted by Gasteiger charge is -2.11. The van der Waals surface area contributed by atoms with Crippen molar-refractivity contribution in [2.24, 2.45) is 0 Å². The molecule has 0 unspecified atom stereocenters. The average Bonchev–Trinajstić information content (AvgIpc) is 3.19. The van der Waals surface area contributed by atoms with Gasteiger partial charge in [-0.1, -0.05) is 42.3 Å². The highest BCUT2D eigenvalue weighted by Gasteiger charge is 2.18. The minimum absolute atomic E-state index is 0.620. The standard InChI is InChI=1S/C22H19N3OS.C6H4/c1-4-16-10-12-27-21(16)20-22(25-11-9-15(2)13-19(25)24-20)23-14-17-7-5-6-8-18(17)26-3;1-2-5-4-6(5)3-1/h1,5-13,23H,14H2,2-3H3;1-4H. The third kappa shape index (κ3) is 4.21. The van der Waals surface area contributed by atoms with E-state index >= 15 is 0 Å². The van der Waals surface area contributed by atoms with Gasteiger partial charge in [-0.2, -0.15) is 0 Å². The van der Waals surface area contributed by atoms with E-state index < -0.39 is 0 Å². The zero-order valence-electron chi connectivity index (χ0n) is 18.5. The maximum Gasteiger partial charge on any atom is 0.140 e. The molecule has 3 aromatic heterocycles. The summed E-state index contributed by atoms with van der Waals surface area (Å²) in [5.74, 6) is 4.55. The van der Waals surface area contributed by atoms with E-state index in [1.54, 1.807) is 18.4 Å². The van der Waals surface area contributed by atoms with Gasteiger partial charge in [-0.15, -0.1) is 17.8 Å². The number of benzene rings is 2. The summed E-state index contributed by atoms with van der Waals surface area (Å²) in [5, 5.41) is 5.55. The van der Waals surface area contributed by atoms with E-state index in [1.165, 1.54) is 16.7 Å². The van der Waals surface area contributed by atoms with Crippen LogP contribution in [0.3, 0.4) is 0 Å². The Balaban J connectivity index is 0.000000324. The van der Waals surface area contributed by atoms with Crippen molar-refractivity contribution < 1.29 is 4.74 Å². The number of fused-ring (bicyclic) bond motifs is 2. The molecule has 0 bridgehead atoms. The lowest BCUT2D eigenvalue weighted by atomic mass is 10.2. The number of nitrogens with one attached hydrogen (secondary N) is 1. The predicted molar refractivity (Wildman–Crippen MR) is 137 cm³/mol. The van der Waals surface area contributed by atoms with E-state index in [2.05, 4.69) is 65.0 Å². The Morgan fingerprint density at radius 2 is 1.88 bits per heavy atom. The molecular weight excluding hydrogens is 426 g/mol. The molecule has 0 amide bonds. The van der Waals surface area contributed by atoms with Crippen molar-refractivity contribution in [3.63, 3.8) is 0 Å². The quantitative estimate of drug-likeness (QED) is 0.300. The van der Waals surface area contributed by atoms with Gasteiger partial charge >= 0.3 is 0 Å². The Morgan fingerprint density at radius 1 is 1.06 bits per heavy atom. The molecule has 0 aliphatic heterocycles. The molecule has 1 N–H and O–H groups in total. The van der Waals surface area contributed by atoms with Crippen LogP contribution in [-0.4, -0.2) is 16.5 Å². The Morgan fingerprint density at radius 3 is 2.58 bits per heavy atom. The van der Waals surface area contributed by atoms with E-state index in [0.29, 0.717) is 6.54 Å². The Bertz CT molecular complexity index is 1470. The number of aromatic nitrogens is 2. The molecule has 0 atom stereocenters.